The summed E-state index contributed by atoms with van der Waals surface area (Å²) in [7, 11) is 1.77. The number of carboxylic acids is 1. The average Bonchev–Trinajstić information content (AvgIpc) is 3.02. The van der Waals surface area contributed by atoms with Gasteiger partial charge in [-0.2, -0.15) is 10.2 Å². The van der Waals surface area contributed by atoms with E-state index >= 15 is 0 Å². The van der Waals surface area contributed by atoms with Gasteiger partial charge < -0.3 is 10.4 Å². The molecule has 24 heavy (non-hydrogen) atoms. The predicted octanol–water partition coefficient (Wildman–Crippen LogP) is 1.12. The molecule has 0 fully saturated rings. The highest BCUT2D eigenvalue weighted by Crippen LogP contribution is 2.22. The number of hydrogen-bond donors (Lipinski definition) is 2. The van der Waals surface area contributed by atoms with Gasteiger partial charge in [0, 0.05) is 25.0 Å². The van der Waals surface area contributed by atoms with Gasteiger partial charge in [0.2, 0.25) is 0 Å². The van der Waals surface area contributed by atoms with Gasteiger partial charge in [-0.3, -0.25) is 19.0 Å². The third kappa shape index (κ3) is 2.83. The van der Waals surface area contributed by atoms with Crippen LogP contribution in [0.1, 0.15) is 21.7 Å². The van der Waals surface area contributed by atoms with Crippen molar-refractivity contribution in [2.24, 2.45) is 7.05 Å². The topological polar surface area (TPSA) is 115 Å². The van der Waals surface area contributed by atoms with Crippen molar-refractivity contribution in [2.75, 3.05) is 5.32 Å². The lowest BCUT2D eigenvalue weighted by molar-refractivity contribution is -0.137. The second-order valence-electron chi connectivity index (χ2n) is 5.47. The van der Waals surface area contributed by atoms with E-state index in [0.29, 0.717) is 28.0 Å². The Labute approximate surface area is 136 Å². The minimum absolute atomic E-state index is 0.268. The molecule has 124 valence electrons. The van der Waals surface area contributed by atoms with Gasteiger partial charge in [-0.05, 0) is 19.9 Å². The molecule has 0 unspecified atom stereocenters. The highest BCUT2D eigenvalue weighted by molar-refractivity contribution is 6.12. The summed E-state index contributed by atoms with van der Waals surface area (Å²) in [6, 6.07) is 3.24. The van der Waals surface area contributed by atoms with Crippen molar-refractivity contribution >= 4 is 28.7 Å². The molecule has 1 amide bonds. The maximum atomic E-state index is 12.6. The number of aryl methyl sites for hydroxylation is 3. The number of amides is 1. The fourth-order valence-electron chi connectivity index (χ4n) is 2.59. The highest BCUT2D eigenvalue weighted by Gasteiger charge is 2.18. The zero-order valence-electron chi connectivity index (χ0n) is 13.4. The van der Waals surface area contributed by atoms with Crippen molar-refractivity contribution in [3.63, 3.8) is 0 Å². The number of pyridine rings is 1. The summed E-state index contributed by atoms with van der Waals surface area (Å²) >= 11 is 0. The third-order valence-electron chi connectivity index (χ3n) is 3.52. The number of nitrogens with zero attached hydrogens (tertiary/aromatic N) is 5. The van der Waals surface area contributed by atoms with Crippen LogP contribution in [-0.2, 0) is 18.4 Å². The molecule has 0 saturated heterocycles. The highest BCUT2D eigenvalue weighted by atomic mass is 16.4. The van der Waals surface area contributed by atoms with E-state index in [1.54, 1.807) is 30.8 Å². The largest absolute Gasteiger partial charge is 0.480 e. The molecule has 0 aromatic carbocycles. The SMILES string of the molecule is Cc1cc(C(=O)Nc2ccn(CC(=O)O)n2)c2c(C)nn(C)c2n1. The van der Waals surface area contributed by atoms with E-state index < -0.39 is 5.97 Å². The maximum Gasteiger partial charge on any atom is 0.325 e. The Kier molecular flexibility index (Phi) is 3.76. The van der Waals surface area contributed by atoms with Crippen molar-refractivity contribution in [2.45, 2.75) is 20.4 Å². The maximum absolute atomic E-state index is 12.6. The molecule has 2 N–H and O–H groups in total. The second kappa shape index (κ2) is 5.76. The molecule has 0 aliphatic rings. The molecule has 3 heterocycles. The molecule has 0 bridgehead atoms. The lowest BCUT2D eigenvalue weighted by atomic mass is 10.1. The van der Waals surface area contributed by atoms with Crippen LogP contribution in [0.3, 0.4) is 0 Å². The van der Waals surface area contributed by atoms with E-state index in [-0.39, 0.29) is 18.3 Å². The van der Waals surface area contributed by atoms with Crippen LogP contribution in [0.15, 0.2) is 18.3 Å². The minimum atomic E-state index is -1.01. The van der Waals surface area contributed by atoms with Gasteiger partial charge in [0.1, 0.15) is 6.54 Å². The van der Waals surface area contributed by atoms with E-state index in [9.17, 15) is 9.59 Å². The van der Waals surface area contributed by atoms with Gasteiger partial charge in [0.25, 0.3) is 5.91 Å². The predicted molar refractivity (Wildman–Crippen MR) is 85.8 cm³/mol. The molecule has 3 aromatic rings. The lowest BCUT2D eigenvalue weighted by Gasteiger charge is -2.06. The van der Waals surface area contributed by atoms with Crippen LogP contribution in [0.2, 0.25) is 0 Å². The van der Waals surface area contributed by atoms with Crippen molar-refractivity contribution < 1.29 is 14.7 Å². The van der Waals surface area contributed by atoms with Gasteiger partial charge in [-0.15, -0.1) is 0 Å². The lowest BCUT2D eigenvalue weighted by Crippen LogP contribution is -2.15. The Balaban J connectivity index is 1.94. The van der Waals surface area contributed by atoms with Crippen LogP contribution in [0.4, 0.5) is 5.82 Å². The molecule has 0 aliphatic heterocycles. The Morgan fingerprint density at radius 1 is 1.29 bits per heavy atom. The van der Waals surface area contributed by atoms with E-state index in [0.717, 1.165) is 0 Å². The summed E-state index contributed by atoms with van der Waals surface area (Å²) in [6.45, 7) is 3.36. The number of carbonyl (C=O) groups excluding carboxylic acids is 1. The first-order chi connectivity index (χ1) is 11.3. The van der Waals surface area contributed by atoms with E-state index in [1.807, 2.05) is 6.92 Å². The van der Waals surface area contributed by atoms with E-state index in [1.165, 1.54) is 10.9 Å². The number of nitrogens with one attached hydrogen (secondary N) is 1. The third-order valence-corrected chi connectivity index (χ3v) is 3.52. The van der Waals surface area contributed by atoms with Crippen LogP contribution < -0.4 is 5.32 Å². The fraction of sp³-hybridized carbons (Fsp3) is 0.267. The number of aliphatic carboxylic acids is 1. The quantitative estimate of drug-likeness (QED) is 0.741. The first-order valence-corrected chi connectivity index (χ1v) is 7.22. The number of carboxylic acid groups (broad SMARTS) is 1. The molecule has 3 aromatic heterocycles. The summed E-state index contributed by atoms with van der Waals surface area (Å²) < 4.78 is 2.87. The van der Waals surface area contributed by atoms with Gasteiger partial charge in [0.15, 0.2) is 11.5 Å². The molecular weight excluding hydrogens is 312 g/mol. The summed E-state index contributed by atoms with van der Waals surface area (Å²) in [4.78, 5) is 27.7. The van der Waals surface area contributed by atoms with Gasteiger partial charge in [-0.1, -0.05) is 0 Å². The molecule has 0 atom stereocenters. The van der Waals surface area contributed by atoms with Crippen molar-refractivity contribution in [1.82, 2.24) is 24.5 Å². The van der Waals surface area contributed by atoms with Gasteiger partial charge >= 0.3 is 5.97 Å². The zero-order chi connectivity index (χ0) is 17.4. The molecule has 0 saturated carbocycles. The molecule has 0 radical (unpaired) electrons. The zero-order valence-corrected chi connectivity index (χ0v) is 13.4. The molecule has 9 heteroatoms. The number of fused-ring (bicyclic) bond motifs is 1. The van der Waals surface area contributed by atoms with E-state index in [4.69, 9.17) is 5.11 Å². The number of hydrogen-bond acceptors (Lipinski definition) is 5. The number of carbonyl (C=O) groups is 2. The number of rotatable bonds is 4. The number of aromatic nitrogens is 5. The molecule has 0 aliphatic carbocycles. The molecule has 9 nitrogen and oxygen atoms in total. The fourth-order valence-corrected chi connectivity index (χ4v) is 2.59. The summed E-state index contributed by atoms with van der Waals surface area (Å²) in [5.74, 6) is -1.07. The Bertz CT molecular complexity index is 956. The normalized spacial score (nSPS) is 11.0. The van der Waals surface area contributed by atoms with Crippen molar-refractivity contribution in [3.05, 3.63) is 35.3 Å². The van der Waals surface area contributed by atoms with Crippen LogP contribution in [-0.4, -0.2) is 41.5 Å². The van der Waals surface area contributed by atoms with Crippen molar-refractivity contribution in [3.8, 4) is 0 Å². The number of anilines is 1. The van der Waals surface area contributed by atoms with Crippen LogP contribution >= 0.6 is 0 Å². The van der Waals surface area contributed by atoms with Gasteiger partial charge in [-0.25, -0.2) is 4.98 Å². The Morgan fingerprint density at radius 2 is 2.04 bits per heavy atom. The smallest absolute Gasteiger partial charge is 0.325 e. The molecule has 3 rings (SSSR count). The molecular formula is C15H16N6O3. The second-order valence-corrected chi connectivity index (χ2v) is 5.47. The van der Waals surface area contributed by atoms with Crippen LogP contribution in [0.5, 0.6) is 0 Å². The van der Waals surface area contributed by atoms with Crippen molar-refractivity contribution in [1.29, 1.82) is 0 Å². The Morgan fingerprint density at radius 3 is 2.75 bits per heavy atom. The first kappa shape index (κ1) is 15.7. The van der Waals surface area contributed by atoms with Crippen LogP contribution in [0.25, 0.3) is 11.0 Å². The van der Waals surface area contributed by atoms with Crippen LogP contribution in [0, 0.1) is 13.8 Å². The van der Waals surface area contributed by atoms with Gasteiger partial charge in [0.05, 0.1) is 16.6 Å². The molecule has 0 spiro atoms. The Hall–Kier alpha value is -3.23. The summed E-state index contributed by atoms with van der Waals surface area (Å²) in [5.41, 5.74) is 2.50. The summed E-state index contributed by atoms with van der Waals surface area (Å²) in [6.07, 6.45) is 1.49. The monoisotopic (exact) mass is 328 g/mol. The first-order valence-electron chi connectivity index (χ1n) is 7.22. The standard InChI is InChI=1S/C15H16N6O3/c1-8-6-10(13-9(2)18-20(3)14(13)16-8)15(24)17-11-4-5-21(19-11)7-12(22)23/h4-6H,7H2,1-3H3,(H,22,23)(H,17,19,24). The summed E-state index contributed by atoms with van der Waals surface area (Å²) in [5, 5.41) is 20.4. The average molecular weight is 328 g/mol. The van der Waals surface area contributed by atoms with E-state index in [2.05, 4.69) is 20.5 Å². The minimum Gasteiger partial charge on any atom is -0.480 e.